The first-order chi connectivity index (χ1) is 7.22. The Hall–Kier alpha value is -0.0500. The predicted octanol–water partition coefficient (Wildman–Crippen LogP) is -5.19. The van der Waals surface area contributed by atoms with Crippen molar-refractivity contribution in [3.8, 4) is 0 Å². The molecule has 9 heteroatoms. The number of quaternary nitrogens is 1. The minimum Gasteiger partial charge on any atom is -0.790 e. The number of aliphatic hydroxyl groups excluding tert-OH is 3. The fourth-order valence-electron chi connectivity index (χ4n) is 1.77. The number of piperidine rings is 1. The molecule has 16 heavy (non-hydrogen) atoms. The van der Waals surface area contributed by atoms with Crippen LogP contribution in [-0.4, -0.2) is 59.9 Å². The smallest absolute Gasteiger partial charge is 0.140 e. The van der Waals surface area contributed by atoms with Crippen LogP contribution in [0.4, 0.5) is 0 Å². The molecule has 0 aromatic heterocycles. The molecule has 1 fully saturated rings. The van der Waals surface area contributed by atoms with Gasteiger partial charge in [0.05, 0.1) is 14.9 Å². The lowest BCUT2D eigenvalue weighted by Crippen LogP contribution is -3.18. The molecule has 1 heterocycles. The largest absolute Gasteiger partial charge is 0.790 e. The van der Waals surface area contributed by atoms with Crippen molar-refractivity contribution >= 4 is 7.82 Å². The molecule has 0 radical (unpaired) electrons. The van der Waals surface area contributed by atoms with Crippen molar-refractivity contribution in [2.45, 2.75) is 24.4 Å². The maximum absolute atomic E-state index is 10.3. The van der Waals surface area contributed by atoms with E-state index >= 15 is 0 Å². The second kappa shape index (κ2) is 5.07. The molecule has 0 amide bonds. The predicted molar refractivity (Wildman–Crippen MR) is 47.1 cm³/mol. The van der Waals surface area contributed by atoms with Gasteiger partial charge in [0.2, 0.25) is 0 Å². The molecule has 0 saturated carbocycles. The number of likely N-dealkylation sites (N-methyl/N-ethyl adjacent to an activating group) is 1. The second-order valence-corrected chi connectivity index (χ2v) is 5.10. The van der Waals surface area contributed by atoms with Gasteiger partial charge in [0.15, 0.2) is 0 Å². The lowest BCUT2D eigenvalue weighted by atomic mass is 9.95. The zero-order chi connectivity index (χ0) is 12.5. The van der Waals surface area contributed by atoms with Gasteiger partial charge in [-0.15, -0.1) is 0 Å². The lowest BCUT2D eigenvalue weighted by molar-refractivity contribution is -0.920. The first-order valence-electron chi connectivity index (χ1n) is 4.75. The molecule has 0 spiro atoms. The molecule has 1 rings (SSSR count). The molecule has 4 N–H and O–H groups in total. The van der Waals surface area contributed by atoms with Gasteiger partial charge in [-0.05, 0) is 0 Å². The molecule has 1 unspecified atom stereocenters. The van der Waals surface area contributed by atoms with Crippen molar-refractivity contribution in [1.29, 1.82) is 0 Å². The molecule has 8 nitrogen and oxygen atoms in total. The summed E-state index contributed by atoms with van der Waals surface area (Å²) in [6.07, 6.45) is -3.79. The summed E-state index contributed by atoms with van der Waals surface area (Å²) in [5, 5.41) is 28.3. The van der Waals surface area contributed by atoms with E-state index in [1.165, 1.54) is 0 Å². The standard InChI is InChI=1S/C7H16NO7P/c1-8-2-5(9)7(11)6(10)4(8)3-15-16(12,13)14/h4-7,9-11H,2-3H2,1H3,(H2,12,13,14)/p-1/t4-,5+,6-,7-/m1/s1. The highest BCUT2D eigenvalue weighted by atomic mass is 31.2. The molecule has 1 aliphatic heterocycles. The third-order valence-electron chi connectivity index (χ3n) is 2.73. The van der Waals surface area contributed by atoms with Crippen molar-refractivity contribution in [3.63, 3.8) is 0 Å². The Labute approximate surface area is 92.3 Å². The zero-order valence-corrected chi connectivity index (χ0v) is 9.54. The van der Waals surface area contributed by atoms with Crippen molar-refractivity contribution in [2.24, 2.45) is 0 Å². The Balaban J connectivity index is 2.61. The SMILES string of the molecule is C[NH+]1C[C@H](O)[C@@H](O)[C@H](O)[C@H]1COP(=O)([O-])[O-]. The Kier molecular flexibility index (Phi) is 4.44. The van der Waals surface area contributed by atoms with Gasteiger partial charge in [0.1, 0.15) is 37.5 Å². The number of phosphoric acid groups is 1. The van der Waals surface area contributed by atoms with E-state index in [9.17, 15) is 29.7 Å². The van der Waals surface area contributed by atoms with E-state index < -0.39 is 38.8 Å². The van der Waals surface area contributed by atoms with Gasteiger partial charge >= 0.3 is 0 Å². The molecule has 0 aliphatic carbocycles. The van der Waals surface area contributed by atoms with Crippen LogP contribution in [0.1, 0.15) is 0 Å². The monoisotopic (exact) mass is 256 g/mol. The van der Waals surface area contributed by atoms with Crippen LogP contribution in [0.5, 0.6) is 0 Å². The topological polar surface area (TPSA) is 138 Å². The van der Waals surface area contributed by atoms with Crippen molar-refractivity contribution in [2.75, 3.05) is 20.2 Å². The summed E-state index contributed by atoms with van der Waals surface area (Å²) < 4.78 is 14.3. The van der Waals surface area contributed by atoms with Gasteiger partial charge in [0, 0.05) is 0 Å². The van der Waals surface area contributed by atoms with Crippen molar-refractivity contribution < 1.29 is 39.1 Å². The number of hydrogen-bond acceptors (Lipinski definition) is 7. The van der Waals surface area contributed by atoms with Crippen LogP contribution >= 0.6 is 7.82 Å². The molecule has 5 atom stereocenters. The fourth-order valence-corrected chi connectivity index (χ4v) is 2.11. The van der Waals surface area contributed by atoms with Crippen LogP contribution in [0.25, 0.3) is 0 Å². The highest BCUT2D eigenvalue weighted by molar-refractivity contribution is 7.43. The van der Waals surface area contributed by atoms with E-state index in [1.807, 2.05) is 0 Å². The number of aliphatic hydroxyl groups is 3. The quantitative estimate of drug-likeness (QED) is 0.370. The average molecular weight is 256 g/mol. The Morgan fingerprint density at radius 2 is 1.94 bits per heavy atom. The van der Waals surface area contributed by atoms with Crippen LogP contribution in [0.15, 0.2) is 0 Å². The van der Waals surface area contributed by atoms with Gasteiger partial charge in [0.25, 0.3) is 0 Å². The summed E-state index contributed by atoms with van der Waals surface area (Å²) in [6.45, 7) is -0.380. The summed E-state index contributed by atoms with van der Waals surface area (Å²) in [4.78, 5) is 21.1. The summed E-state index contributed by atoms with van der Waals surface area (Å²) in [5.74, 6) is 0. The number of phosphoric ester groups is 1. The summed E-state index contributed by atoms with van der Waals surface area (Å²) in [6, 6.07) is -0.769. The van der Waals surface area contributed by atoms with E-state index in [2.05, 4.69) is 4.52 Å². The normalized spacial score (nSPS) is 41.0. The fraction of sp³-hybridized carbons (Fsp3) is 1.00. The van der Waals surface area contributed by atoms with Crippen molar-refractivity contribution in [1.82, 2.24) is 0 Å². The number of rotatable bonds is 3. The Bertz CT molecular complexity index is 282. The third kappa shape index (κ3) is 3.47. The van der Waals surface area contributed by atoms with E-state index in [0.29, 0.717) is 4.90 Å². The maximum Gasteiger partial charge on any atom is 0.140 e. The highest BCUT2D eigenvalue weighted by Crippen LogP contribution is 2.25. The van der Waals surface area contributed by atoms with Gasteiger partial charge in [-0.2, -0.15) is 0 Å². The first kappa shape index (κ1) is 14.0. The highest BCUT2D eigenvalue weighted by Gasteiger charge is 2.43. The molecule has 0 aromatic carbocycles. The van der Waals surface area contributed by atoms with Gasteiger partial charge in [-0.25, -0.2) is 0 Å². The van der Waals surface area contributed by atoms with Gasteiger partial charge < -0.3 is 39.1 Å². The minimum absolute atomic E-state index is 0.133. The molecule has 0 bridgehead atoms. The van der Waals surface area contributed by atoms with E-state index in [0.717, 1.165) is 0 Å². The summed E-state index contributed by atoms with van der Waals surface area (Å²) >= 11 is 0. The molecule has 1 saturated heterocycles. The molecular formula is C7H15NO7P-. The summed E-state index contributed by atoms with van der Waals surface area (Å²) in [5.41, 5.74) is 0. The third-order valence-corrected chi connectivity index (χ3v) is 3.20. The van der Waals surface area contributed by atoms with Crippen LogP contribution in [0, 0.1) is 0 Å². The van der Waals surface area contributed by atoms with E-state index in [-0.39, 0.29) is 6.54 Å². The lowest BCUT2D eigenvalue weighted by Gasteiger charge is -2.40. The van der Waals surface area contributed by atoms with E-state index in [4.69, 9.17) is 0 Å². The Morgan fingerprint density at radius 3 is 2.44 bits per heavy atom. The van der Waals surface area contributed by atoms with E-state index in [1.54, 1.807) is 7.05 Å². The maximum atomic E-state index is 10.3. The first-order valence-corrected chi connectivity index (χ1v) is 6.21. The van der Waals surface area contributed by atoms with Gasteiger partial charge in [-0.1, -0.05) is 0 Å². The Morgan fingerprint density at radius 1 is 1.38 bits per heavy atom. The molecule has 1 aliphatic rings. The minimum atomic E-state index is -5.09. The van der Waals surface area contributed by atoms with Crippen LogP contribution < -0.4 is 14.7 Å². The van der Waals surface area contributed by atoms with Gasteiger partial charge in [-0.3, -0.25) is 0 Å². The van der Waals surface area contributed by atoms with Crippen LogP contribution in [0.3, 0.4) is 0 Å². The van der Waals surface area contributed by atoms with Crippen molar-refractivity contribution in [3.05, 3.63) is 0 Å². The van der Waals surface area contributed by atoms with Crippen LogP contribution in [0.2, 0.25) is 0 Å². The molecular weight excluding hydrogens is 241 g/mol. The zero-order valence-electron chi connectivity index (χ0n) is 8.65. The second-order valence-electron chi connectivity index (χ2n) is 3.95. The average Bonchev–Trinajstić information content (AvgIpc) is 2.12. The number of hydrogen-bond donors (Lipinski definition) is 4. The molecule has 0 aromatic rings. The number of nitrogens with one attached hydrogen (secondary N) is 1. The molecule has 96 valence electrons. The van der Waals surface area contributed by atoms with Crippen LogP contribution in [-0.2, 0) is 9.09 Å². The number of likely N-dealkylation sites (tertiary alicyclic amines) is 1. The summed E-state index contributed by atoms with van der Waals surface area (Å²) in [7, 11) is -3.50.